The number of nitrogens with zero attached hydrogens (tertiary/aromatic N) is 8. The number of anilines is 1. The highest BCUT2D eigenvalue weighted by Crippen LogP contribution is 2.37. The first-order valence-electron chi connectivity index (χ1n) is 12.2. The molecule has 1 unspecified atom stereocenters. The minimum absolute atomic E-state index is 0.109. The Bertz CT molecular complexity index is 1540. The summed E-state index contributed by atoms with van der Waals surface area (Å²) in [5.74, 6) is 0. The number of hydrogen-bond acceptors (Lipinski definition) is 7. The van der Waals surface area contributed by atoms with Gasteiger partial charge in [0.15, 0.2) is 0 Å². The number of aryl methyl sites for hydroxylation is 1. The molecule has 0 aliphatic carbocycles. The van der Waals surface area contributed by atoms with E-state index in [1.807, 2.05) is 6.07 Å². The summed E-state index contributed by atoms with van der Waals surface area (Å²) in [4.78, 5) is 26.9. The number of rotatable bonds is 5. The molecule has 1 aliphatic heterocycles. The zero-order chi connectivity index (χ0) is 25.6. The maximum absolute atomic E-state index is 13.1. The van der Waals surface area contributed by atoms with Gasteiger partial charge in [-0.3, -0.25) is 24.3 Å². The van der Waals surface area contributed by atoms with E-state index < -0.39 is 0 Å². The van der Waals surface area contributed by atoms with Crippen molar-refractivity contribution < 1.29 is 0 Å². The molecule has 1 aromatic carbocycles. The van der Waals surface area contributed by atoms with Gasteiger partial charge < -0.3 is 9.47 Å². The third kappa shape index (κ3) is 4.06. The fraction of sp³-hybridized carbons (Fsp3) is 0.423. The molecule has 4 aromatic rings. The number of piperazine rings is 1. The van der Waals surface area contributed by atoms with Gasteiger partial charge in [0, 0.05) is 50.7 Å². The molecule has 9 nitrogen and oxygen atoms in total. The predicted molar refractivity (Wildman–Crippen MR) is 144 cm³/mol. The van der Waals surface area contributed by atoms with Crippen molar-refractivity contribution >= 4 is 43.7 Å². The van der Waals surface area contributed by atoms with Crippen LogP contribution < -0.4 is 10.5 Å². The Balaban J connectivity index is 1.51. The van der Waals surface area contributed by atoms with E-state index in [0.29, 0.717) is 4.47 Å². The predicted octanol–water partition coefficient (Wildman–Crippen LogP) is 4.01. The van der Waals surface area contributed by atoms with Crippen LogP contribution in [-0.2, 0) is 13.6 Å². The van der Waals surface area contributed by atoms with Gasteiger partial charge in [-0.2, -0.15) is 10.4 Å². The second-order valence-corrected chi connectivity index (χ2v) is 10.3. The minimum atomic E-state index is -0.109. The Morgan fingerprint density at radius 2 is 1.97 bits per heavy atom. The molecule has 1 fully saturated rings. The van der Waals surface area contributed by atoms with Gasteiger partial charge in [0.25, 0.3) is 5.56 Å². The Hall–Kier alpha value is -3.29. The first kappa shape index (κ1) is 24.4. The lowest BCUT2D eigenvalue weighted by Gasteiger charge is -2.49. The molecule has 4 heterocycles. The number of pyridine rings is 1. The van der Waals surface area contributed by atoms with Gasteiger partial charge >= 0.3 is 0 Å². The number of halogens is 1. The molecule has 3 atom stereocenters. The molecule has 186 valence electrons. The van der Waals surface area contributed by atoms with Crippen molar-refractivity contribution in [2.24, 2.45) is 7.05 Å². The summed E-state index contributed by atoms with van der Waals surface area (Å²) in [5.41, 5.74) is 5.17. The fourth-order valence-electron chi connectivity index (χ4n) is 5.35. The van der Waals surface area contributed by atoms with Crippen LogP contribution in [0.4, 0.5) is 5.69 Å². The Morgan fingerprint density at radius 1 is 1.22 bits per heavy atom. The van der Waals surface area contributed by atoms with Crippen molar-refractivity contribution in [3.63, 3.8) is 0 Å². The molecule has 1 saturated heterocycles. The Kier molecular flexibility index (Phi) is 6.53. The smallest absolute Gasteiger partial charge is 0.267 e. The Labute approximate surface area is 218 Å². The standard InChI is InChI=1S/C26H29BrN8O/c1-5-19-14-34(25-23(27)26(36)32(4)22-15-33(11-8-28)31-24(22)25)16(2)13-35(19)17(3)18-6-7-20-21(12-18)30-10-9-29-20/h6-7,9-10,12,15-17,19H,5,11,13-14H2,1-4H3/t16-,17?,19+/m0/s1. The second kappa shape index (κ2) is 9.64. The summed E-state index contributed by atoms with van der Waals surface area (Å²) in [6, 6.07) is 9.08. The van der Waals surface area contributed by atoms with E-state index in [-0.39, 0.29) is 30.2 Å². The van der Waals surface area contributed by atoms with Crippen molar-refractivity contribution in [3.05, 3.63) is 57.2 Å². The van der Waals surface area contributed by atoms with Crippen LogP contribution in [0.25, 0.3) is 22.1 Å². The fourth-order valence-corrected chi connectivity index (χ4v) is 6.03. The van der Waals surface area contributed by atoms with Crippen molar-refractivity contribution in [2.75, 3.05) is 18.0 Å². The zero-order valence-corrected chi connectivity index (χ0v) is 22.5. The van der Waals surface area contributed by atoms with E-state index in [2.05, 4.69) is 74.7 Å². The summed E-state index contributed by atoms with van der Waals surface area (Å²) in [6.07, 6.45) is 6.19. The zero-order valence-electron chi connectivity index (χ0n) is 20.9. The molecule has 5 rings (SSSR count). The van der Waals surface area contributed by atoms with Crippen LogP contribution in [-0.4, -0.2) is 54.4 Å². The number of benzene rings is 1. The SMILES string of the molecule is CC[C@@H]1CN(c2c(Br)c(=O)n(C)c3cn(CC#N)nc23)[C@@H](C)CN1C(C)c1ccc2nccnc2c1. The monoisotopic (exact) mass is 548 g/mol. The first-order chi connectivity index (χ1) is 17.3. The van der Waals surface area contributed by atoms with Crippen molar-refractivity contribution in [1.29, 1.82) is 5.26 Å². The lowest BCUT2D eigenvalue weighted by Crippen LogP contribution is -2.58. The number of nitriles is 1. The van der Waals surface area contributed by atoms with Crippen molar-refractivity contribution in [3.8, 4) is 6.07 Å². The quantitative estimate of drug-likeness (QED) is 0.371. The van der Waals surface area contributed by atoms with Crippen LogP contribution in [0.3, 0.4) is 0 Å². The molecule has 0 saturated carbocycles. The van der Waals surface area contributed by atoms with Gasteiger partial charge in [-0.15, -0.1) is 0 Å². The van der Waals surface area contributed by atoms with E-state index in [0.717, 1.165) is 47.3 Å². The summed E-state index contributed by atoms with van der Waals surface area (Å²) >= 11 is 3.59. The van der Waals surface area contributed by atoms with Crippen LogP contribution in [0.5, 0.6) is 0 Å². The van der Waals surface area contributed by atoms with E-state index in [1.165, 1.54) is 5.56 Å². The molecule has 0 bridgehead atoms. The van der Waals surface area contributed by atoms with Gasteiger partial charge in [0.05, 0.1) is 34.5 Å². The van der Waals surface area contributed by atoms with Crippen LogP contribution in [0, 0.1) is 11.3 Å². The van der Waals surface area contributed by atoms with Crippen LogP contribution >= 0.6 is 15.9 Å². The number of fused-ring (bicyclic) bond motifs is 2. The molecule has 36 heavy (non-hydrogen) atoms. The summed E-state index contributed by atoms with van der Waals surface area (Å²) < 4.78 is 3.70. The minimum Gasteiger partial charge on any atom is -0.363 e. The highest BCUT2D eigenvalue weighted by Gasteiger charge is 2.36. The molecular formula is C26H29BrN8O. The topological polar surface area (TPSA) is 95.9 Å². The van der Waals surface area contributed by atoms with E-state index in [9.17, 15) is 10.1 Å². The lowest BCUT2D eigenvalue weighted by atomic mass is 9.98. The van der Waals surface area contributed by atoms with E-state index in [4.69, 9.17) is 5.10 Å². The van der Waals surface area contributed by atoms with E-state index >= 15 is 0 Å². The third-order valence-corrected chi connectivity index (χ3v) is 8.09. The summed E-state index contributed by atoms with van der Waals surface area (Å²) in [7, 11) is 1.74. The molecule has 0 N–H and O–H groups in total. The maximum Gasteiger partial charge on any atom is 0.267 e. The lowest BCUT2D eigenvalue weighted by molar-refractivity contribution is 0.106. The van der Waals surface area contributed by atoms with Crippen molar-refractivity contribution in [1.82, 2.24) is 29.2 Å². The first-order valence-corrected chi connectivity index (χ1v) is 13.0. The number of aromatic nitrogens is 5. The van der Waals surface area contributed by atoms with Gasteiger partial charge in [0.2, 0.25) is 0 Å². The van der Waals surface area contributed by atoms with Gasteiger partial charge in [-0.05, 0) is 53.9 Å². The molecule has 0 spiro atoms. The molecule has 0 amide bonds. The highest BCUT2D eigenvalue weighted by molar-refractivity contribution is 9.10. The van der Waals surface area contributed by atoms with E-state index in [1.54, 1.807) is 34.9 Å². The van der Waals surface area contributed by atoms with Gasteiger partial charge in [0.1, 0.15) is 16.5 Å². The van der Waals surface area contributed by atoms with Crippen LogP contribution in [0.1, 0.15) is 38.8 Å². The molecule has 10 heteroatoms. The van der Waals surface area contributed by atoms with Crippen molar-refractivity contribution in [2.45, 2.75) is 51.9 Å². The summed E-state index contributed by atoms with van der Waals surface area (Å²) in [5, 5.41) is 13.9. The molecule has 1 aliphatic rings. The second-order valence-electron chi connectivity index (χ2n) is 9.49. The third-order valence-electron chi connectivity index (χ3n) is 7.38. The molecular weight excluding hydrogens is 520 g/mol. The number of hydrogen-bond donors (Lipinski definition) is 0. The normalized spacial score (nSPS) is 19.6. The average molecular weight is 549 g/mol. The van der Waals surface area contributed by atoms with Gasteiger partial charge in [-0.25, -0.2) is 0 Å². The van der Waals surface area contributed by atoms with Gasteiger partial charge in [-0.1, -0.05) is 13.0 Å². The average Bonchev–Trinajstić information content (AvgIpc) is 3.31. The molecule has 3 aromatic heterocycles. The Morgan fingerprint density at radius 3 is 2.69 bits per heavy atom. The largest absolute Gasteiger partial charge is 0.363 e. The van der Waals surface area contributed by atoms with Crippen LogP contribution in [0.15, 0.2) is 46.1 Å². The maximum atomic E-state index is 13.1. The molecule has 0 radical (unpaired) electrons. The van der Waals surface area contributed by atoms with Crippen LogP contribution in [0.2, 0.25) is 0 Å². The summed E-state index contributed by atoms with van der Waals surface area (Å²) in [6.45, 7) is 8.38. The highest BCUT2D eigenvalue weighted by atomic mass is 79.9.